The van der Waals surface area contributed by atoms with Gasteiger partial charge < -0.3 is 10.0 Å². The van der Waals surface area contributed by atoms with Crippen molar-refractivity contribution < 1.29 is 23.5 Å². The van der Waals surface area contributed by atoms with E-state index in [9.17, 15) is 18.4 Å². The molecule has 1 heterocycles. The zero-order valence-electron chi connectivity index (χ0n) is 12.4. The van der Waals surface area contributed by atoms with Crippen molar-refractivity contribution in [2.45, 2.75) is 31.3 Å². The number of aliphatic carboxylic acids is 1. The fraction of sp³-hybridized carbons (Fsp3) is 0.294. The first kappa shape index (κ1) is 16.9. The van der Waals surface area contributed by atoms with E-state index >= 15 is 0 Å². The van der Waals surface area contributed by atoms with Crippen LogP contribution in [0.5, 0.6) is 0 Å². The van der Waals surface area contributed by atoms with Gasteiger partial charge in [0.1, 0.15) is 11.6 Å². The number of carbonyl (C=O) groups is 2. The minimum absolute atomic E-state index is 0.0465. The fourth-order valence-corrected chi connectivity index (χ4v) is 2.88. The second kappa shape index (κ2) is 7.17. The maximum absolute atomic E-state index is 14.0. The molecule has 0 radical (unpaired) electrons. The molecule has 1 N–H and O–H groups in total. The Balaban J connectivity index is 2.37. The molecule has 1 aromatic rings. The zero-order chi connectivity index (χ0) is 17.0. The van der Waals surface area contributed by atoms with Crippen molar-refractivity contribution in [2.24, 2.45) is 0 Å². The molecule has 1 aliphatic rings. The lowest BCUT2D eigenvalue weighted by atomic mass is 10.0. The standard InChI is InChI=1S/C17H17F2NO3/c1-2-3-16(21)20-12(6-9-17(22)23)5-8-15(20)13-10-11(18)4-7-14(13)19/h2,4,6-7,9-10,12,15H,1,3,5,8H2,(H,22,23)/b9-6+/t12-,15+/m1/s1. The summed E-state index contributed by atoms with van der Waals surface area (Å²) in [5.41, 5.74) is 0.105. The number of carboxylic acids is 1. The summed E-state index contributed by atoms with van der Waals surface area (Å²) >= 11 is 0. The molecule has 1 amide bonds. The van der Waals surface area contributed by atoms with Crippen LogP contribution in [0.15, 0.2) is 43.0 Å². The van der Waals surface area contributed by atoms with Gasteiger partial charge in [0.15, 0.2) is 0 Å². The van der Waals surface area contributed by atoms with Crippen molar-refractivity contribution >= 4 is 11.9 Å². The van der Waals surface area contributed by atoms with Crippen LogP contribution in [0.3, 0.4) is 0 Å². The molecule has 122 valence electrons. The minimum Gasteiger partial charge on any atom is -0.478 e. The molecule has 0 saturated carbocycles. The van der Waals surface area contributed by atoms with E-state index in [0.29, 0.717) is 12.8 Å². The van der Waals surface area contributed by atoms with Crippen LogP contribution >= 0.6 is 0 Å². The lowest BCUT2D eigenvalue weighted by Crippen LogP contribution is -2.36. The third-order valence-electron chi connectivity index (χ3n) is 3.81. The number of carboxylic acid groups (broad SMARTS) is 1. The van der Waals surface area contributed by atoms with Gasteiger partial charge in [-0.25, -0.2) is 13.6 Å². The smallest absolute Gasteiger partial charge is 0.328 e. The Kier molecular flexibility index (Phi) is 5.26. The van der Waals surface area contributed by atoms with E-state index in [1.807, 2.05) is 0 Å². The van der Waals surface area contributed by atoms with Crippen molar-refractivity contribution in [1.82, 2.24) is 4.90 Å². The number of carbonyl (C=O) groups excluding carboxylic acids is 1. The third kappa shape index (κ3) is 3.83. The number of amides is 1. The predicted octanol–water partition coefficient (Wildman–Crippen LogP) is 3.21. The van der Waals surface area contributed by atoms with Gasteiger partial charge in [0.25, 0.3) is 0 Å². The molecule has 1 aliphatic heterocycles. The van der Waals surface area contributed by atoms with E-state index in [2.05, 4.69) is 6.58 Å². The first-order valence-corrected chi connectivity index (χ1v) is 7.22. The molecule has 0 bridgehead atoms. The number of hydrogen-bond acceptors (Lipinski definition) is 2. The van der Waals surface area contributed by atoms with Crippen LogP contribution in [0.1, 0.15) is 30.9 Å². The summed E-state index contributed by atoms with van der Waals surface area (Å²) < 4.78 is 27.5. The first-order valence-electron chi connectivity index (χ1n) is 7.22. The number of halogens is 2. The number of likely N-dealkylation sites (tertiary alicyclic amines) is 1. The first-order chi connectivity index (χ1) is 10.9. The SMILES string of the molecule is C=CCC(=O)N1[C@@H](/C=C/C(=O)O)CC[C@H]1c1cc(F)ccc1F. The molecule has 0 aromatic heterocycles. The Labute approximate surface area is 132 Å². The molecule has 0 aliphatic carbocycles. The Hall–Kier alpha value is -2.50. The second-order valence-electron chi connectivity index (χ2n) is 5.32. The largest absolute Gasteiger partial charge is 0.478 e. The Bertz CT molecular complexity index is 657. The van der Waals surface area contributed by atoms with Crippen LogP contribution in [-0.2, 0) is 9.59 Å². The number of hydrogen-bond donors (Lipinski definition) is 1. The van der Waals surface area contributed by atoms with Gasteiger partial charge in [-0.2, -0.15) is 0 Å². The van der Waals surface area contributed by atoms with Gasteiger partial charge in [-0.1, -0.05) is 12.2 Å². The molecular weight excluding hydrogens is 304 g/mol. The molecule has 1 fully saturated rings. The number of benzene rings is 1. The maximum atomic E-state index is 14.0. The van der Waals surface area contributed by atoms with Gasteiger partial charge in [-0.15, -0.1) is 6.58 Å². The Morgan fingerprint density at radius 1 is 1.35 bits per heavy atom. The van der Waals surface area contributed by atoms with Crippen LogP contribution in [0.25, 0.3) is 0 Å². The summed E-state index contributed by atoms with van der Waals surface area (Å²) in [7, 11) is 0. The van der Waals surface area contributed by atoms with Gasteiger partial charge in [-0.3, -0.25) is 4.79 Å². The maximum Gasteiger partial charge on any atom is 0.328 e. The molecule has 0 unspecified atom stereocenters. The van der Waals surface area contributed by atoms with Crippen LogP contribution < -0.4 is 0 Å². The highest BCUT2D eigenvalue weighted by Crippen LogP contribution is 2.38. The van der Waals surface area contributed by atoms with Crippen LogP contribution in [0.2, 0.25) is 0 Å². The van der Waals surface area contributed by atoms with Crippen molar-refractivity contribution in [1.29, 1.82) is 0 Å². The molecule has 2 atom stereocenters. The quantitative estimate of drug-likeness (QED) is 0.669. The second-order valence-corrected chi connectivity index (χ2v) is 5.32. The zero-order valence-corrected chi connectivity index (χ0v) is 12.4. The molecular formula is C17H17F2NO3. The topological polar surface area (TPSA) is 57.6 Å². The van der Waals surface area contributed by atoms with E-state index in [1.54, 1.807) is 0 Å². The van der Waals surface area contributed by atoms with Gasteiger partial charge in [0, 0.05) is 18.1 Å². The monoisotopic (exact) mass is 321 g/mol. The lowest BCUT2D eigenvalue weighted by molar-refractivity contribution is -0.133. The van der Waals surface area contributed by atoms with Crippen LogP contribution in [-0.4, -0.2) is 27.9 Å². The van der Waals surface area contributed by atoms with Crippen molar-refractivity contribution in [3.63, 3.8) is 0 Å². The molecule has 1 aromatic carbocycles. The highest BCUT2D eigenvalue weighted by atomic mass is 19.1. The van der Waals surface area contributed by atoms with Crippen LogP contribution in [0, 0.1) is 11.6 Å². The number of rotatable bonds is 5. The van der Waals surface area contributed by atoms with Gasteiger partial charge in [-0.05, 0) is 31.0 Å². The summed E-state index contributed by atoms with van der Waals surface area (Å²) in [5.74, 6) is -2.59. The van der Waals surface area contributed by atoms with Crippen LogP contribution in [0.4, 0.5) is 8.78 Å². The average molecular weight is 321 g/mol. The average Bonchev–Trinajstić information content (AvgIpc) is 2.91. The Morgan fingerprint density at radius 2 is 2.09 bits per heavy atom. The highest BCUT2D eigenvalue weighted by Gasteiger charge is 2.37. The lowest BCUT2D eigenvalue weighted by Gasteiger charge is -2.29. The minimum atomic E-state index is -1.12. The summed E-state index contributed by atoms with van der Waals surface area (Å²) in [6.45, 7) is 3.51. The van der Waals surface area contributed by atoms with E-state index < -0.39 is 29.7 Å². The molecule has 6 heteroatoms. The molecule has 2 rings (SSSR count). The van der Waals surface area contributed by atoms with Gasteiger partial charge in [0.05, 0.1) is 12.1 Å². The predicted molar refractivity (Wildman–Crippen MR) is 80.6 cm³/mol. The Morgan fingerprint density at radius 3 is 2.74 bits per heavy atom. The van der Waals surface area contributed by atoms with Crippen molar-refractivity contribution in [3.8, 4) is 0 Å². The van der Waals surface area contributed by atoms with E-state index in [4.69, 9.17) is 5.11 Å². The van der Waals surface area contributed by atoms with E-state index in [0.717, 1.165) is 24.3 Å². The summed E-state index contributed by atoms with van der Waals surface area (Å²) in [5, 5.41) is 8.75. The molecule has 0 spiro atoms. The third-order valence-corrected chi connectivity index (χ3v) is 3.81. The summed E-state index contributed by atoms with van der Waals surface area (Å²) in [6, 6.07) is 2.04. The highest BCUT2D eigenvalue weighted by molar-refractivity contribution is 5.81. The van der Waals surface area contributed by atoms with Gasteiger partial charge in [0.2, 0.25) is 5.91 Å². The number of nitrogens with zero attached hydrogens (tertiary/aromatic N) is 1. The van der Waals surface area contributed by atoms with Gasteiger partial charge >= 0.3 is 5.97 Å². The van der Waals surface area contributed by atoms with E-state index in [1.165, 1.54) is 17.1 Å². The molecule has 4 nitrogen and oxygen atoms in total. The summed E-state index contributed by atoms with van der Waals surface area (Å²) in [4.78, 5) is 24.4. The molecule has 23 heavy (non-hydrogen) atoms. The van der Waals surface area contributed by atoms with Crippen molar-refractivity contribution in [2.75, 3.05) is 0 Å². The normalized spacial score (nSPS) is 20.9. The van der Waals surface area contributed by atoms with Crippen molar-refractivity contribution in [3.05, 3.63) is 60.2 Å². The molecule has 1 saturated heterocycles. The fourth-order valence-electron chi connectivity index (χ4n) is 2.88. The van der Waals surface area contributed by atoms with E-state index in [-0.39, 0.29) is 17.9 Å². The summed E-state index contributed by atoms with van der Waals surface area (Å²) in [6.07, 6.45) is 4.75.